The maximum absolute atomic E-state index is 13.2. The van der Waals surface area contributed by atoms with Crippen LogP contribution in [0.1, 0.15) is 23.2 Å². The number of fused-ring (bicyclic) bond motifs is 4. The molecule has 168 valence electrons. The lowest BCUT2D eigenvalue weighted by molar-refractivity contribution is 0.0651. The third-order valence-electron chi connectivity index (χ3n) is 7.02. The summed E-state index contributed by atoms with van der Waals surface area (Å²) < 4.78 is 4.05. The van der Waals surface area contributed by atoms with Crippen LogP contribution in [-0.2, 0) is 14.1 Å². The van der Waals surface area contributed by atoms with Crippen molar-refractivity contribution >= 4 is 38.7 Å². The van der Waals surface area contributed by atoms with Gasteiger partial charge in [0, 0.05) is 85.2 Å². The summed E-state index contributed by atoms with van der Waals surface area (Å²) in [4.78, 5) is 24.5. The number of aromatic amines is 1. The Morgan fingerprint density at radius 3 is 2.79 bits per heavy atom. The van der Waals surface area contributed by atoms with Crippen molar-refractivity contribution in [2.24, 2.45) is 20.0 Å². The molecule has 1 fully saturated rings. The summed E-state index contributed by atoms with van der Waals surface area (Å²) in [5.74, 6) is 0.350. The Labute approximate surface area is 190 Å². The highest BCUT2D eigenvalue weighted by atomic mass is 16.3. The molecule has 5 aromatic rings. The lowest BCUT2D eigenvalue weighted by atomic mass is 9.97. The first kappa shape index (κ1) is 20.0. The van der Waals surface area contributed by atoms with Gasteiger partial charge in [-0.25, -0.2) is 9.97 Å². The van der Waals surface area contributed by atoms with Crippen LogP contribution in [0.4, 0.5) is 0 Å². The number of nitrogens with zero attached hydrogens (tertiary/aromatic N) is 5. The smallest absolute Gasteiger partial charge is 0.253 e. The second-order valence-electron chi connectivity index (χ2n) is 9.08. The van der Waals surface area contributed by atoms with Crippen molar-refractivity contribution in [1.29, 1.82) is 0 Å². The van der Waals surface area contributed by atoms with E-state index >= 15 is 0 Å². The number of amides is 1. The molecule has 0 radical (unpaired) electrons. The zero-order valence-corrected chi connectivity index (χ0v) is 18.7. The molecule has 0 spiro atoms. The number of aliphatic hydroxyl groups excluding tert-OH is 1. The quantitative estimate of drug-likeness (QED) is 0.448. The molecule has 4 aromatic heterocycles. The van der Waals surface area contributed by atoms with Crippen molar-refractivity contribution < 1.29 is 9.90 Å². The molecule has 5 heterocycles. The summed E-state index contributed by atoms with van der Waals surface area (Å²) in [7, 11) is 3.99. The second-order valence-corrected chi connectivity index (χ2v) is 9.08. The van der Waals surface area contributed by atoms with E-state index in [1.54, 1.807) is 0 Å². The number of likely N-dealkylation sites (tertiary alicyclic amines) is 1. The predicted octanol–water partition coefficient (Wildman–Crippen LogP) is 3.45. The van der Waals surface area contributed by atoms with Gasteiger partial charge in [-0.3, -0.25) is 9.48 Å². The van der Waals surface area contributed by atoms with E-state index in [4.69, 9.17) is 4.98 Å². The van der Waals surface area contributed by atoms with Crippen LogP contribution < -0.4 is 0 Å². The molecule has 33 heavy (non-hydrogen) atoms. The van der Waals surface area contributed by atoms with Crippen LogP contribution in [0.2, 0.25) is 0 Å². The molecule has 0 saturated carbocycles. The number of carbonyl (C=O) groups is 1. The Balaban J connectivity index is 1.43. The molecule has 0 atom stereocenters. The number of aliphatic hydroxyl groups is 1. The summed E-state index contributed by atoms with van der Waals surface area (Å²) in [6.07, 6.45) is 7.55. The van der Waals surface area contributed by atoms with E-state index in [2.05, 4.69) is 26.9 Å². The van der Waals surface area contributed by atoms with Gasteiger partial charge in [-0.05, 0) is 43.0 Å². The van der Waals surface area contributed by atoms with E-state index in [9.17, 15) is 9.90 Å². The van der Waals surface area contributed by atoms with Crippen molar-refractivity contribution in [2.45, 2.75) is 12.8 Å². The molecule has 6 rings (SSSR count). The highest BCUT2D eigenvalue weighted by Crippen LogP contribution is 2.34. The van der Waals surface area contributed by atoms with E-state index in [-0.39, 0.29) is 12.5 Å². The van der Waals surface area contributed by atoms with Gasteiger partial charge in [0.2, 0.25) is 0 Å². The molecule has 1 aliphatic heterocycles. The highest BCUT2D eigenvalue weighted by molar-refractivity contribution is 6.07. The Morgan fingerprint density at radius 2 is 2.00 bits per heavy atom. The van der Waals surface area contributed by atoms with Crippen LogP contribution >= 0.6 is 0 Å². The van der Waals surface area contributed by atoms with Crippen LogP contribution in [0.5, 0.6) is 0 Å². The Kier molecular flexibility index (Phi) is 4.51. The average Bonchev–Trinajstić information content (AvgIpc) is 3.53. The van der Waals surface area contributed by atoms with Gasteiger partial charge in [0.15, 0.2) is 5.65 Å². The van der Waals surface area contributed by atoms with Crippen molar-refractivity contribution in [1.82, 2.24) is 29.2 Å². The Bertz CT molecular complexity index is 1520. The van der Waals surface area contributed by atoms with Crippen LogP contribution in [-0.4, -0.2) is 59.9 Å². The largest absolute Gasteiger partial charge is 0.396 e. The van der Waals surface area contributed by atoms with Gasteiger partial charge in [-0.1, -0.05) is 0 Å². The minimum Gasteiger partial charge on any atom is -0.396 e. The van der Waals surface area contributed by atoms with E-state index < -0.39 is 0 Å². The summed E-state index contributed by atoms with van der Waals surface area (Å²) in [5, 5.41) is 15.6. The molecular weight excluding hydrogens is 416 g/mol. The van der Waals surface area contributed by atoms with Crippen molar-refractivity contribution in [3.05, 3.63) is 48.4 Å². The number of piperidine rings is 1. The van der Waals surface area contributed by atoms with Crippen LogP contribution in [0.25, 0.3) is 44.1 Å². The number of aryl methyl sites for hydroxylation is 2. The number of aromatic nitrogens is 5. The zero-order valence-electron chi connectivity index (χ0n) is 18.7. The summed E-state index contributed by atoms with van der Waals surface area (Å²) in [5.41, 5.74) is 5.37. The standard InChI is InChI=1S/C25H26N6O2/c1-29-13-20(21-10-19-23-17(12-27-30(23)2)11-26-24(19)28-21)18-9-16(3-4-22(18)29)25(33)31-7-5-15(14-32)6-8-31/h3-4,9-13,15,27,32H,5-8,14H2,1-2H3. The van der Waals surface area contributed by atoms with Gasteiger partial charge in [0.25, 0.3) is 5.91 Å². The molecule has 8 nitrogen and oxygen atoms in total. The fourth-order valence-electron chi connectivity index (χ4n) is 5.11. The third-order valence-corrected chi connectivity index (χ3v) is 7.02. The van der Waals surface area contributed by atoms with E-state index in [1.807, 2.05) is 54.3 Å². The number of rotatable bonds is 3. The maximum Gasteiger partial charge on any atom is 0.253 e. The van der Waals surface area contributed by atoms with Gasteiger partial charge < -0.3 is 19.7 Å². The molecule has 1 saturated heterocycles. The van der Waals surface area contributed by atoms with Crippen LogP contribution in [0.3, 0.4) is 0 Å². The number of carbonyl (C=O) groups excluding carboxylic acids is 1. The molecule has 1 amide bonds. The molecule has 1 aliphatic rings. The number of benzene rings is 1. The van der Waals surface area contributed by atoms with Crippen molar-refractivity contribution in [3.8, 4) is 11.3 Å². The molecule has 1 aromatic carbocycles. The van der Waals surface area contributed by atoms with E-state index in [0.29, 0.717) is 30.2 Å². The molecule has 2 N–H and O–H groups in total. The number of nitrogens with one attached hydrogen (secondary N) is 1. The third kappa shape index (κ3) is 3.13. The van der Waals surface area contributed by atoms with Gasteiger partial charge in [-0.15, -0.1) is 0 Å². The number of pyridine rings is 1. The lowest BCUT2D eigenvalue weighted by Crippen LogP contribution is -2.39. The fraction of sp³-hybridized carbons (Fsp3) is 0.320. The van der Waals surface area contributed by atoms with Crippen molar-refractivity contribution in [2.75, 3.05) is 19.7 Å². The first-order valence-electron chi connectivity index (χ1n) is 11.3. The average molecular weight is 443 g/mol. The molecule has 8 heteroatoms. The van der Waals surface area contributed by atoms with Gasteiger partial charge in [0.05, 0.1) is 11.2 Å². The number of hydrogen-bond donors (Lipinski definition) is 2. The monoisotopic (exact) mass is 442 g/mol. The van der Waals surface area contributed by atoms with E-state index in [0.717, 1.165) is 51.3 Å². The minimum atomic E-state index is 0.0476. The summed E-state index contributed by atoms with van der Waals surface area (Å²) in [6.45, 7) is 1.58. The molecule has 0 unspecified atom stereocenters. The zero-order chi connectivity index (χ0) is 22.7. The topological polar surface area (TPSA) is 92.0 Å². The first-order valence-corrected chi connectivity index (χ1v) is 11.3. The lowest BCUT2D eigenvalue weighted by Gasteiger charge is -2.31. The first-order chi connectivity index (χ1) is 16.0. The Morgan fingerprint density at radius 1 is 1.18 bits per heavy atom. The highest BCUT2D eigenvalue weighted by Gasteiger charge is 2.24. The van der Waals surface area contributed by atoms with Crippen LogP contribution in [0, 0.1) is 5.92 Å². The van der Waals surface area contributed by atoms with Gasteiger partial charge >= 0.3 is 0 Å². The van der Waals surface area contributed by atoms with Gasteiger partial charge in [-0.2, -0.15) is 0 Å². The SMILES string of the molecule is Cn1cc(-c2cc3c(ncc4c[nH]n(C)c43)n2)c2cc(C(=O)N3CCC(CO)CC3)ccc21. The number of H-pyrrole nitrogens is 1. The summed E-state index contributed by atoms with van der Waals surface area (Å²) in [6, 6.07) is 8.00. The van der Waals surface area contributed by atoms with Crippen LogP contribution in [0.15, 0.2) is 42.9 Å². The second kappa shape index (κ2) is 7.45. The molecule has 0 bridgehead atoms. The normalized spacial score (nSPS) is 15.3. The molecule has 0 aliphatic carbocycles. The molecular formula is C25H26N6O2. The fourth-order valence-corrected chi connectivity index (χ4v) is 5.11. The van der Waals surface area contributed by atoms with Gasteiger partial charge in [0.1, 0.15) is 0 Å². The Hall–Kier alpha value is -3.65. The summed E-state index contributed by atoms with van der Waals surface area (Å²) >= 11 is 0. The maximum atomic E-state index is 13.2. The number of hydrogen-bond acceptors (Lipinski definition) is 4. The minimum absolute atomic E-state index is 0.0476. The predicted molar refractivity (Wildman–Crippen MR) is 128 cm³/mol. The van der Waals surface area contributed by atoms with Crippen molar-refractivity contribution in [3.63, 3.8) is 0 Å². The van der Waals surface area contributed by atoms with E-state index in [1.165, 1.54) is 0 Å².